The van der Waals surface area contributed by atoms with Crippen molar-refractivity contribution < 1.29 is 4.39 Å². The van der Waals surface area contributed by atoms with Crippen molar-refractivity contribution in [3.63, 3.8) is 0 Å². The Hall–Kier alpha value is -1.05. The maximum Gasteiger partial charge on any atom is 0.123 e. The number of halogens is 1. The molecule has 0 aromatic carbocycles. The smallest absolute Gasteiger partial charge is 0.123 e. The molecule has 0 N–H and O–H groups in total. The maximum absolute atomic E-state index is 13.2. The average Bonchev–Trinajstić information content (AvgIpc) is 2.39. The largest absolute Gasteiger partial charge is 0.348 e. The molecule has 1 heterocycles. The minimum absolute atomic E-state index is 0.552. The van der Waals surface area contributed by atoms with Crippen molar-refractivity contribution in [1.82, 2.24) is 4.57 Å². The fourth-order valence-electron chi connectivity index (χ4n) is 2.33. The summed E-state index contributed by atoms with van der Waals surface area (Å²) in [5, 5.41) is 0. The van der Waals surface area contributed by atoms with Crippen LogP contribution in [-0.4, -0.2) is 10.7 Å². The lowest BCUT2D eigenvalue weighted by Crippen LogP contribution is -2.08. The van der Waals surface area contributed by atoms with E-state index in [0.29, 0.717) is 6.42 Å². The molecule has 0 spiro atoms. The summed E-state index contributed by atoms with van der Waals surface area (Å²) >= 11 is 0. The van der Waals surface area contributed by atoms with Gasteiger partial charge in [0.1, 0.15) is 6.17 Å². The number of allylic oxidation sites excluding steroid dienone is 1. The second-order valence-electron chi connectivity index (χ2n) is 3.92. The van der Waals surface area contributed by atoms with E-state index < -0.39 is 6.17 Å². The van der Waals surface area contributed by atoms with E-state index in [9.17, 15) is 4.39 Å². The van der Waals surface area contributed by atoms with Gasteiger partial charge in [-0.1, -0.05) is 6.92 Å². The summed E-state index contributed by atoms with van der Waals surface area (Å²) in [6.07, 6.45) is 4.32. The molecule has 0 saturated carbocycles. The first-order valence-electron chi connectivity index (χ1n) is 5.14. The van der Waals surface area contributed by atoms with Crippen LogP contribution in [0, 0.1) is 6.92 Å². The third-order valence-corrected chi connectivity index (χ3v) is 3.19. The Balaban J connectivity index is 2.61. The van der Waals surface area contributed by atoms with Crippen molar-refractivity contribution in [2.75, 3.05) is 0 Å². The Morgan fingerprint density at radius 2 is 2.29 bits per heavy atom. The Morgan fingerprint density at radius 1 is 1.57 bits per heavy atom. The summed E-state index contributed by atoms with van der Waals surface area (Å²) in [6.45, 7) is 4.24. The van der Waals surface area contributed by atoms with Crippen LogP contribution in [-0.2, 0) is 19.9 Å². The molecule has 1 aliphatic rings. The van der Waals surface area contributed by atoms with Gasteiger partial charge in [-0.3, -0.25) is 0 Å². The van der Waals surface area contributed by atoms with E-state index >= 15 is 0 Å². The van der Waals surface area contributed by atoms with E-state index in [0.717, 1.165) is 6.42 Å². The van der Waals surface area contributed by atoms with Crippen molar-refractivity contribution in [3.05, 3.63) is 28.6 Å². The number of alkyl halides is 1. The average molecular weight is 193 g/mol. The van der Waals surface area contributed by atoms with Gasteiger partial charge in [0, 0.05) is 24.9 Å². The SMILES string of the molecule is CCc1c2c(n(C)c1C)C=CC(F)C2. The molecular formula is C12H16FN. The molecule has 0 bridgehead atoms. The Morgan fingerprint density at radius 3 is 2.93 bits per heavy atom. The molecule has 1 aromatic heterocycles. The molecule has 76 valence electrons. The van der Waals surface area contributed by atoms with Gasteiger partial charge in [0.05, 0.1) is 0 Å². The lowest BCUT2D eigenvalue weighted by Gasteiger charge is -2.11. The third-order valence-electron chi connectivity index (χ3n) is 3.19. The summed E-state index contributed by atoms with van der Waals surface area (Å²) in [6, 6.07) is 0. The molecule has 0 amide bonds. The van der Waals surface area contributed by atoms with Crippen molar-refractivity contribution >= 4 is 6.08 Å². The molecule has 2 rings (SSSR count). The monoisotopic (exact) mass is 193 g/mol. The van der Waals surface area contributed by atoms with Crippen LogP contribution in [0.25, 0.3) is 6.08 Å². The number of rotatable bonds is 1. The second-order valence-corrected chi connectivity index (χ2v) is 3.92. The fourth-order valence-corrected chi connectivity index (χ4v) is 2.33. The molecular weight excluding hydrogens is 177 g/mol. The van der Waals surface area contributed by atoms with E-state index in [2.05, 4.69) is 25.5 Å². The molecule has 0 aliphatic heterocycles. The molecule has 1 nitrogen and oxygen atoms in total. The molecule has 0 radical (unpaired) electrons. The van der Waals surface area contributed by atoms with Crippen LogP contribution in [0.4, 0.5) is 4.39 Å². The van der Waals surface area contributed by atoms with E-state index in [-0.39, 0.29) is 0 Å². The number of aromatic nitrogens is 1. The van der Waals surface area contributed by atoms with Crippen molar-refractivity contribution in [2.45, 2.75) is 32.9 Å². The predicted molar refractivity (Wildman–Crippen MR) is 57.2 cm³/mol. The molecule has 14 heavy (non-hydrogen) atoms. The second kappa shape index (κ2) is 3.26. The normalized spacial score (nSPS) is 19.9. The summed E-state index contributed by atoms with van der Waals surface area (Å²) in [7, 11) is 2.05. The quantitative estimate of drug-likeness (QED) is 0.646. The number of hydrogen-bond donors (Lipinski definition) is 0. The van der Waals surface area contributed by atoms with E-state index in [1.807, 2.05) is 6.08 Å². The van der Waals surface area contributed by atoms with Crippen LogP contribution < -0.4 is 0 Å². The summed E-state index contributed by atoms with van der Waals surface area (Å²) in [5.74, 6) is 0. The highest BCUT2D eigenvalue weighted by molar-refractivity contribution is 5.59. The minimum Gasteiger partial charge on any atom is -0.348 e. The highest BCUT2D eigenvalue weighted by atomic mass is 19.1. The number of nitrogens with zero attached hydrogens (tertiary/aromatic N) is 1. The molecule has 1 atom stereocenters. The van der Waals surface area contributed by atoms with Gasteiger partial charge in [-0.15, -0.1) is 0 Å². The first kappa shape index (κ1) is 9.50. The summed E-state index contributed by atoms with van der Waals surface area (Å²) in [5.41, 5.74) is 5.00. The van der Waals surface area contributed by atoms with E-state index in [1.54, 1.807) is 6.08 Å². The highest BCUT2D eigenvalue weighted by Crippen LogP contribution is 2.29. The van der Waals surface area contributed by atoms with Gasteiger partial charge in [-0.05, 0) is 36.6 Å². The van der Waals surface area contributed by atoms with Crippen molar-refractivity contribution in [1.29, 1.82) is 0 Å². The van der Waals surface area contributed by atoms with E-state index in [1.165, 1.54) is 22.5 Å². The first-order chi connectivity index (χ1) is 6.65. The van der Waals surface area contributed by atoms with Crippen LogP contribution in [0.1, 0.15) is 29.4 Å². The molecule has 1 unspecified atom stereocenters. The lowest BCUT2D eigenvalue weighted by molar-refractivity contribution is 0.396. The number of hydrogen-bond acceptors (Lipinski definition) is 0. The van der Waals surface area contributed by atoms with Gasteiger partial charge >= 0.3 is 0 Å². The van der Waals surface area contributed by atoms with Gasteiger partial charge in [-0.2, -0.15) is 0 Å². The van der Waals surface area contributed by atoms with Crippen molar-refractivity contribution in [2.24, 2.45) is 7.05 Å². The standard InChI is InChI=1S/C12H16FN/c1-4-10-8(2)14(3)12-6-5-9(13)7-11(10)12/h5-6,9H,4,7H2,1-3H3. The minimum atomic E-state index is -0.797. The van der Waals surface area contributed by atoms with Gasteiger partial charge in [0.25, 0.3) is 0 Å². The highest BCUT2D eigenvalue weighted by Gasteiger charge is 2.21. The zero-order valence-corrected chi connectivity index (χ0v) is 8.97. The topological polar surface area (TPSA) is 4.93 Å². The maximum atomic E-state index is 13.2. The fraction of sp³-hybridized carbons (Fsp3) is 0.500. The molecule has 0 fully saturated rings. The van der Waals surface area contributed by atoms with Crippen LogP contribution >= 0.6 is 0 Å². The zero-order chi connectivity index (χ0) is 10.3. The van der Waals surface area contributed by atoms with Gasteiger partial charge in [-0.25, -0.2) is 4.39 Å². The van der Waals surface area contributed by atoms with E-state index in [4.69, 9.17) is 0 Å². The summed E-state index contributed by atoms with van der Waals surface area (Å²) in [4.78, 5) is 0. The predicted octanol–water partition coefficient (Wildman–Crippen LogP) is 2.80. The lowest BCUT2D eigenvalue weighted by atomic mass is 9.97. The molecule has 0 saturated heterocycles. The molecule has 2 heteroatoms. The Labute approximate surface area is 84.2 Å². The zero-order valence-electron chi connectivity index (χ0n) is 8.97. The Bertz CT molecular complexity index is 388. The van der Waals surface area contributed by atoms with Gasteiger partial charge in [0.2, 0.25) is 0 Å². The van der Waals surface area contributed by atoms with Gasteiger partial charge < -0.3 is 4.57 Å². The van der Waals surface area contributed by atoms with Crippen molar-refractivity contribution in [3.8, 4) is 0 Å². The first-order valence-corrected chi connectivity index (χ1v) is 5.14. The summed E-state index contributed by atoms with van der Waals surface area (Å²) < 4.78 is 15.4. The van der Waals surface area contributed by atoms with Crippen LogP contribution in [0.3, 0.4) is 0 Å². The van der Waals surface area contributed by atoms with Gasteiger partial charge in [0.15, 0.2) is 0 Å². The van der Waals surface area contributed by atoms with Crippen LogP contribution in [0.5, 0.6) is 0 Å². The van der Waals surface area contributed by atoms with Crippen LogP contribution in [0.2, 0.25) is 0 Å². The third kappa shape index (κ3) is 1.21. The molecule has 1 aromatic rings. The number of fused-ring (bicyclic) bond motifs is 1. The van der Waals surface area contributed by atoms with Crippen LogP contribution in [0.15, 0.2) is 6.08 Å². The Kier molecular flexibility index (Phi) is 2.22. The molecule has 1 aliphatic carbocycles.